The van der Waals surface area contributed by atoms with Gasteiger partial charge in [-0.3, -0.25) is 0 Å². The minimum atomic E-state index is -0.857. The first-order chi connectivity index (χ1) is 15.5. The maximum absolute atomic E-state index is 14.0. The number of benzene rings is 1. The van der Waals surface area contributed by atoms with E-state index in [1.807, 2.05) is 10.6 Å². The number of ether oxygens (including phenoxy) is 2. The molecule has 0 spiro atoms. The number of rotatable bonds is 5. The van der Waals surface area contributed by atoms with Crippen LogP contribution in [0.25, 0.3) is 11.2 Å². The first-order valence-corrected chi connectivity index (χ1v) is 10.8. The van der Waals surface area contributed by atoms with Crippen molar-refractivity contribution in [2.45, 2.75) is 44.7 Å². The van der Waals surface area contributed by atoms with Crippen molar-refractivity contribution in [1.82, 2.24) is 24.4 Å². The molecule has 0 aliphatic carbocycles. The number of nitrogen functional groups attached to an aromatic ring is 1. The molecular formula is C23H25FN6O2. The van der Waals surface area contributed by atoms with Crippen LogP contribution in [0.5, 0.6) is 11.5 Å². The Hall–Kier alpha value is -3.38. The Labute approximate surface area is 185 Å². The molecule has 8 nitrogen and oxygen atoms in total. The van der Waals surface area contributed by atoms with Crippen molar-refractivity contribution in [2.24, 2.45) is 0 Å². The fourth-order valence-corrected chi connectivity index (χ4v) is 4.63. The Morgan fingerprint density at radius 2 is 2.03 bits per heavy atom. The van der Waals surface area contributed by atoms with Crippen molar-refractivity contribution in [3.8, 4) is 23.8 Å². The number of anilines is 1. The van der Waals surface area contributed by atoms with Gasteiger partial charge in [-0.2, -0.15) is 14.4 Å². The minimum Gasteiger partial charge on any atom is -0.454 e. The van der Waals surface area contributed by atoms with Gasteiger partial charge >= 0.3 is 6.08 Å². The number of aryl methyl sites for hydroxylation is 1. The molecule has 9 heteroatoms. The van der Waals surface area contributed by atoms with Crippen LogP contribution < -0.4 is 15.2 Å². The quantitative estimate of drug-likeness (QED) is 0.486. The third-order valence-corrected chi connectivity index (χ3v) is 6.38. The zero-order valence-electron chi connectivity index (χ0n) is 18.0. The van der Waals surface area contributed by atoms with Crippen LogP contribution in [-0.2, 0) is 13.0 Å². The van der Waals surface area contributed by atoms with E-state index in [9.17, 15) is 4.39 Å². The summed E-state index contributed by atoms with van der Waals surface area (Å²) in [5.74, 6) is 4.74. The number of likely N-dealkylation sites (tertiary alicyclic amines) is 1. The van der Waals surface area contributed by atoms with Gasteiger partial charge < -0.3 is 24.7 Å². The zero-order valence-corrected chi connectivity index (χ0v) is 18.0. The molecule has 4 heterocycles. The molecule has 2 aliphatic rings. The van der Waals surface area contributed by atoms with Crippen molar-refractivity contribution in [3.63, 3.8) is 0 Å². The zero-order chi connectivity index (χ0) is 22.2. The van der Waals surface area contributed by atoms with Crippen molar-refractivity contribution in [3.05, 3.63) is 35.2 Å². The van der Waals surface area contributed by atoms with E-state index in [4.69, 9.17) is 26.6 Å². The number of nitrogens with two attached hydrogens (primary N) is 1. The fraction of sp³-hybridized carbons (Fsp3) is 0.435. The standard InChI is InChI=1S/C23H25FN6O2/c1-3-14-10-17-18(32-13-31-17)11-15(14)12-19-26-20-21(25)27-23(24)28-22(20)30(19)9-7-16-6-4-5-8-29(16)2/h1,10-11,16H,4-9,12-13H2,2H3,(H2,25,27,28). The predicted octanol–water partition coefficient (Wildman–Crippen LogP) is 2.72. The van der Waals surface area contributed by atoms with Crippen LogP contribution in [0, 0.1) is 18.4 Å². The number of hydrogen-bond donors (Lipinski definition) is 1. The van der Waals surface area contributed by atoms with Gasteiger partial charge in [0.25, 0.3) is 0 Å². The Kier molecular flexibility index (Phi) is 5.31. The molecule has 2 N–H and O–H groups in total. The SMILES string of the molecule is C#Cc1cc2c(cc1Cc1nc3c(N)nc(F)nc3n1CCC1CCCCN1C)OCO2. The minimum absolute atomic E-state index is 0.0325. The Morgan fingerprint density at radius 1 is 1.22 bits per heavy atom. The highest BCUT2D eigenvalue weighted by Gasteiger charge is 2.23. The second kappa shape index (κ2) is 8.28. The molecule has 2 aromatic heterocycles. The van der Waals surface area contributed by atoms with Gasteiger partial charge in [-0.25, -0.2) is 4.98 Å². The van der Waals surface area contributed by atoms with E-state index in [2.05, 4.69) is 27.8 Å². The Morgan fingerprint density at radius 3 is 2.81 bits per heavy atom. The first-order valence-electron chi connectivity index (χ1n) is 10.8. The van der Waals surface area contributed by atoms with E-state index in [1.54, 1.807) is 6.07 Å². The van der Waals surface area contributed by atoms with Gasteiger partial charge in [-0.05, 0) is 44.5 Å². The Bertz CT molecular complexity index is 1220. The van der Waals surface area contributed by atoms with Gasteiger partial charge in [0.1, 0.15) is 5.82 Å². The summed E-state index contributed by atoms with van der Waals surface area (Å²) in [4.78, 5) is 14.8. The number of terminal acetylenes is 1. The third kappa shape index (κ3) is 3.71. The highest BCUT2D eigenvalue weighted by Crippen LogP contribution is 2.35. The van der Waals surface area contributed by atoms with Crippen LogP contribution in [-0.4, -0.2) is 50.8 Å². The fourth-order valence-electron chi connectivity index (χ4n) is 4.63. The van der Waals surface area contributed by atoms with E-state index in [1.165, 1.54) is 12.8 Å². The van der Waals surface area contributed by atoms with Crippen LogP contribution in [0.4, 0.5) is 10.2 Å². The number of halogens is 1. The molecule has 0 saturated carbocycles. The molecule has 166 valence electrons. The number of hydrogen-bond acceptors (Lipinski definition) is 7. The van der Waals surface area contributed by atoms with Crippen LogP contribution in [0.3, 0.4) is 0 Å². The number of imidazole rings is 1. The summed E-state index contributed by atoms with van der Waals surface area (Å²) < 4.78 is 26.9. The highest BCUT2D eigenvalue weighted by molar-refractivity contribution is 5.82. The lowest BCUT2D eigenvalue weighted by Gasteiger charge is -2.32. The maximum atomic E-state index is 14.0. The molecule has 1 saturated heterocycles. The summed E-state index contributed by atoms with van der Waals surface area (Å²) >= 11 is 0. The smallest absolute Gasteiger partial charge is 0.312 e. The number of aromatic nitrogens is 4. The molecular weight excluding hydrogens is 411 g/mol. The van der Waals surface area contributed by atoms with Crippen LogP contribution >= 0.6 is 0 Å². The normalized spacial score (nSPS) is 18.2. The summed E-state index contributed by atoms with van der Waals surface area (Å²) in [5.41, 5.74) is 8.36. The lowest BCUT2D eigenvalue weighted by molar-refractivity contribution is 0.171. The first kappa shape index (κ1) is 20.5. The average Bonchev–Trinajstić information content (AvgIpc) is 3.37. The summed E-state index contributed by atoms with van der Waals surface area (Å²) in [7, 11) is 2.16. The number of fused-ring (bicyclic) bond motifs is 2. The van der Waals surface area contributed by atoms with Gasteiger partial charge in [0.2, 0.25) is 6.79 Å². The van der Waals surface area contributed by atoms with E-state index in [0.717, 1.165) is 24.9 Å². The summed E-state index contributed by atoms with van der Waals surface area (Å²) in [6.07, 6.45) is 9.82. The van der Waals surface area contributed by atoms with Gasteiger partial charge in [-0.15, -0.1) is 6.42 Å². The molecule has 3 aromatic rings. The summed E-state index contributed by atoms with van der Waals surface area (Å²) in [5, 5.41) is 0. The molecule has 1 fully saturated rings. The topological polar surface area (TPSA) is 91.3 Å². The van der Waals surface area contributed by atoms with E-state index in [-0.39, 0.29) is 12.6 Å². The summed E-state index contributed by atoms with van der Waals surface area (Å²) in [6.45, 7) is 1.91. The van der Waals surface area contributed by atoms with Crippen molar-refractivity contribution >= 4 is 17.0 Å². The predicted molar refractivity (Wildman–Crippen MR) is 118 cm³/mol. The van der Waals surface area contributed by atoms with Gasteiger partial charge in [0, 0.05) is 30.6 Å². The molecule has 0 radical (unpaired) electrons. The van der Waals surface area contributed by atoms with Crippen LogP contribution in [0.15, 0.2) is 12.1 Å². The molecule has 32 heavy (non-hydrogen) atoms. The largest absolute Gasteiger partial charge is 0.454 e. The number of nitrogens with zero attached hydrogens (tertiary/aromatic N) is 5. The van der Waals surface area contributed by atoms with Crippen LogP contribution in [0.2, 0.25) is 0 Å². The average molecular weight is 436 g/mol. The lowest BCUT2D eigenvalue weighted by atomic mass is 10.00. The molecule has 1 aromatic carbocycles. The molecule has 0 amide bonds. The van der Waals surface area contributed by atoms with Gasteiger partial charge in [0.05, 0.1) is 0 Å². The molecule has 2 aliphatic heterocycles. The van der Waals surface area contributed by atoms with E-state index in [0.29, 0.717) is 53.1 Å². The van der Waals surface area contributed by atoms with Crippen LogP contribution in [0.1, 0.15) is 42.6 Å². The molecule has 0 bridgehead atoms. The molecule has 1 unspecified atom stereocenters. The number of piperidine rings is 1. The molecule has 1 atom stereocenters. The lowest BCUT2D eigenvalue weighted by Crippen LogP contribution is -2.36. The van der Waals surface area contributed by atoms with Crippen molar-refractivity contribution in [2.75, 3.05) is 26.1 Å². The van der Waals surface area contributed by atoms with E-state index < -0.39 is 6.08 Å². The van der Waals surface area contributed by atoms with E-state index >= 15 is 0 Å². The van der Waals surface area contributed by atoms with Gasteiger partial charge in [0.15, 0.2) is 28.5 Å². The molecule has 5 rings (SSSR count). The van der Waals surface area contributed by atoms with Crippen molar-refractivity contribution < 1.29 is 13.9 Å². The monoisotopic (exact) mass is 436 g/mol. The third-order valence-electron chi connectivity index (χ3n) is 6.38. The highest BCUT2D eigenvalue weighted by atomic mass is 19.1. The maximum Gasteiger partial charge on any atom is 0.312 e. The Balaban J connectivity index is 1.53. The second-order valence-electron chi connectivity index (χ2n) is 8.33. The summed E-state index contributed by atoms with van der Waals surface area (Å²) in [6, 6.07) is 4.14. The second-order valence-corrected chi connectivity index (χ2v) is 8.33. The van der Waals surface area contributed by atoms with Gasteiger partial charge in [-0.1, -0.05) is 12.3 Å². The van der Waals surface area contributed by atoms with Crippen molar-refractivity contribution in [1.29, 1.82) is 0 Å².